The highest BCUT2D eigenvalue weighted by Gasteiger charge is 2.07. The smallest absolute Gasteiger partial charge is 0.209 e. The summed E-state index contributed by atoms with van der Waals surface area (Å²) in [5.41, 5.74) is 1.87. The number of sulfonamides is 1. The Morgan fingerprint density at radius 1 is 1.29 bits per heavy atom. The number of aryl methyl sites for hydroxylation is 2. The molecule has 6 heteroatoms. The number of rotatable bonds is 5. The van der Waals surface area contributed by atoms with Gasteiger partial charge in [0.25, 0.3) is 0 Å². The first kappa shape index (κ1) is 14.3. The fraction of sp³-hybridized carbons (Fsp3) is 0.455. The van der Waals surface area contributed by atoms with Crippen LogP contribution in [0.4, 0.5) is 0 Å². The van der Waals surface area contributed by atoms with Gasteiger partial charge >= 0.3 is 0 Å². The van der Waals surface area contributed by atoms with Crippen molar-refractivity contribution in [2.24, 2.45) is 5.14 Å². The molecule has 1 aromatic rings. The van der Waals surface area contributed by atoms with Gasteiger partial charge in [0.15, 0.2) is 0 Å². The lowest BCUT2D eigenvalue weighted by molar-refractivity contribution is 0.313. The Morgan fingerprint density at radius 3 is 2.29 bits per heavy atom. The predicted molar refractivity (Wildman–Crippen MR) is 69.0 cm³/mol. The molecule has 4 nitrogen and oxygen atoms in total. The quantitative estimate of drug-likeness (QED) is 0.837. The summed E-state index contributed by atoms with van der Waals surface area (Å²) in [5, 5.41) is 5.56. The Bertz CT molecular complexity index is 476. The van der Waals surface area contributed by atoms with E-state index in [4.69, 9.17) is 21.5 Å². The maximum Gasteiger partial charge on any atom is 0.209 e. The van der Waals surface area contributed by atoms with Crippen LogP contribution < -0.4 is 9.88 Å². The van der Waals surface area contributed by atoms with Gasteiger partial charge in [0, 0.05) is 5.02 Å². The molecule has 0 amide bonds. The zero-order chi connectivity index (χ0) is 13.1. The van der Waals surface area contributed by atoms with Gasteiger partial charge in [-0.1, -0.05) is 11.6 Å². The standard InChI is InChI=1S/C11H16ClNO3S/c1-8-6-10(12)7-9(2)11(8)16-4-3-5-17(13,14)15/h6-7H,3-5H2,1-2H3,(H2,13,14,15). The van der Waals surface area contributed by atoms with E-state index in [-0.39, 0.29) is 5.75 Å². The van der Waals surface area contributed by atoms with Crippen molar-refractivity contribution < 1.29 is 13.2 Å². The highest BCUT2D eigenvalue weighted by Crippen LogP contribution is 2.27. The van der Waals surface area contributed by atoms with E-state index in [0.29, 0.717) is 18.1 Å². The Labute approximate surface area is 107 Å². The summed E-state index contributed by atoms with van der Waals surface area (Å²) in [6.07, 6.45) is 0.375. The van der Waals surface area contributed by atoms with Gasteiger partial charge in [0.2, 0.25) is 10.0 Å². The van der Waals surface area contributed by atoms with E-state index < -0.39 is 10.0 Å². The van der Waals surface area contributed by atoms with E-state index in [2.05, 4.69) is 0 Å². The van der Waals surface area contributed by atoms with Crippen LogP contribution >= 0.6 is 11.6 Å². The van der Waals surface area contributed by atoms with E-state index in [1.165, 1.54) is 0 Å². The largest absolute Gasteiger partial charge is 0.493 e. The second-order valence-corrected chi connectivity index (χ2v) is 6.11. The van der Waals surface area contributed by atoms with Crippen molar-refractivity contribution in [3.63, 3.8) is 0 Å². The van der Waals surface area contributed by atoms with Gasteiger partial charge in [0.05, 0.1) is 12.4 Å². The van der Waals surface area contributed by atoms with E-state index >= 15 is 0 Å². The minimum atomic E-state index is -3.41. The van der Waals surface area contributed by atoms with Crippen LogP contribution in [0.5, 0.6) is 5.75 Å². The summed E-state index contributed by atoms with van der Waals surface area (Å²) in [7, 11) is -3.41. The molecule has 0 aromatic heterocycles. The third-order valence-electron chi connectivity index (χ3n) is 2.24. The Balaban J connectivity index is 2.58. The number of halogens is 1. The molecule has 96 valence electrons. The van der Waals surface area contributed by atoms with Gasteiger partial charge in [0.1, 0.15) is 5.75 Å². The monoisotopic (exact) mass is 277 g/mol. The van der Waals surface area contributed by atoms with Gasteiger partial charge in [-0.2, -0.15) is 0 Å². The Hall–Kier alpha value is -0.780. The number of ether oxygens (including phenoxy) is 1. The third kappa shape index (κ3) is 4.93. The first-order valence-electron chi connectivity index (χ1n) is 5.19. The topological polar surface area (TPSA) is 69.4 Å². The van der Waals surface area contributed by atoms with Crippen LogP contribution in [0.3, 0.4) is 0 Å². The molecule has 0 aliphatic heterocycles. The highest BCUT2D eigenvalue weighted by atomic mass is 35.5. The third-order valence-corrected chi connectivity index (χ3v) is 3.32. The van der Waals surface area contributed by atoms with Crippen molar-refractivity contribution in [1.82, 2.24) is 0 Å². The number of benzene rings is 1. The van der Waals surface area contributed by atoms with Crippen LogP contribution in [0.2, 0.25) is 5.02 Å². The molecule has 0 saturated carbocycles. The summed E-state index contributed by atoms with van der Waals surface area (Å²) in [6.45, 7) is 4.11. The minimum absolute atomic E-state index is 0.0707. The molecule has 2 N–H and O–H groups in total. The summed E-state index contributed by atoms with van der Waals surface area (Å²) in [5.74, 6) is 0.683. The van der Waals surface area contributed by atoms with Crippen molar-refractivity contribution in [1.29, 1.82) is 0 Å². The molecular formula is C11H16ClNO3S. The number of nitrogens with two attached hydrogens (primary N) is 1. The van der Waals surface area contributed by atoms with Crippen molar-refractivity contribution in [2.45, 2.75) is 20.3 Å². The molecule has 0 aliphatic rings. The van der Waals surface area contributed by atoms with Crippen molar-refractivity contribution in [2.75, 3.05) is 12.4 Å². The Morgan fingerprint density at radius 2 is 1.82 bits per heavy atom. The van der Waals surface area contributed by atoms with Crippen molar-refractivity contribution in [3.8, 4) is 5.75 Å². The van der Waals surface area contributed by atoms with Crippen molar-refractivity contribution >= 4 is 21.6 Å². The first-order chi connectivity index (χ1) is 7.79. The molecule has 1 aromatic carbocycles. The maximum absolute atomic E-state index is 10.7. The molecule has 17 heavy (non-hydrogen) atoms. The summed E-state index contributed by atoms with van der Waals surface area (Å²) in [4.78, 5) is 0. The molecule has 0 aliphatic carbocycles. The molecule has 0 radical (unpaired) electrons. The van der Waals surface area contributed by atoms with E-state index in [1.54, 1.807) is 0 Å². The molecule has 0 heterocycles. The molecule has 0 spiro atoms. The molecule has 0 saturated heterocycles. The molecule has 1 rings (SSSR count). The maximum atomic E-state index is 10.7. The number of primary sulfonamides is 1. The zero-order valence-electron chi connectivity index (χ0n) is 9.86. The first-order valence-corrected chi connectivity index (χ1v) is 7.29. The highest BCUT2D eigenvalue weighted by molar-refractivity contribution is 7.89. The minimum Gasteiger partial charge on any atom is -0.493 e. The molecule has 0 fully saturated rings. The molecule has 0 atom stereocenters. The van der Waals surface area contributed by atoms with Gasteiger partial charge in [-0.3, -0.25) is 0 Å². The predicted octanol–water partition coefficient (Wildman–Crippen LogP) is 2.01. The lowest BCUT2D eigenvalue weighted by Crippen LogP contribution is -2.18. The van der Waals surface area contributed by atoms with Crippen LogP contribution in [0, 0.1) is 13.8 Å². The second kappa shape index (κ2) is 5.71. The zero-order valence-corrected chi connectivity index (χ0v) is 11.4. The molecule has 0 bridgehead atoms. The van der Waals surface area contributed by atoms with Crippen molar-refractivity contribution in [3.05, 3.63) is 28.3 Å². The molecule has 0 unspecified atom stereocenters. The summed E-state index contributed by atoms with van der Waals surface area (Å²) in [6, 6.07) is 3.62. The van der Waals surface area contributed by atoms with Crippen LogP contribution in [-0.2, 0) is 10.0 Å². The van der Waals surface area contributed by atoms with Crippen LogP contribution in [0.25, 0.3) is 0 Å². The number of hydrogen-bond donors (Lipinski definition) is 1. The average Bonchev–Trinajstić information content (AvgIpc) is 2.13. The van der Waals surface area contributed by atoms with Gasteiger partial charge in [-0.25, -0.2) is 13.6 Å². The van der Waals surface area contributed by atoms with E-state index in [9.17, 15) is 8.42 Å². The van der Waals surface area contributed by atoms with Crippen LogP contribution in [0.15, 0.2) is 12.1 Å². The fourth-order valence-electron chi connectivity index (χ4n) is 1.56. The lowest BCUT2D eigenvalue weighted by atomic mass is 10.1. The lowest BCUT2D eigenvalue weighted by Gasteiger charge is -2.12. The molecular weight excluding hydrogens is 262 g/mol. The SMILES string of the molecule is Cc1cc(Cl)cc(C)c1OCCCS(N)(=O)=O. The van der Waals surface area contributed by atoms with Crippen LogP contribution in [0.1, 0.15) is 17.5 Å². The van der Waals surface area contributed by atoms with Gasteiger partial charge in [-0.05, 0) is 43.5 Å². The van der Waals surface area contributed by atoms with Crippen LogP contribution in [-0.4, -0.2) is 20.8 Å². The van der Waals surface area contributed by atoms with Gasteiger partial charge in [-0.15, -0.1) is 0 Å². The number of hydrogen-bond acceptors (Lipinski definition) is 3. The second-order valence-electron chi connectivity index (χ2n) is 3.94. The summed E-state index contributed by atoms with van der Waals surface area (Å²) < 4.78 is 27.0. The van der Waals surface area contributed by atoms with E-state index in [1.807, 2.05) is 26.0 Å². The van der Waals surface area contributed by atoms with Gasteiger partial charge < -0.3 is 4.74 Å². The van der Waals surface area contributed by atoms with E-state index in [0.717, 1.165) is 16.9 Å². The average molecular weight is 278 g/mol. The Kier molecular flexibility index (Phi) is 4.80. The summed E-state index contributed by atoms with van der Waals surface area (Å²) >= 11 is 5.89. The normalized spacial score (nSPS) is 11.5. The fourth-order valence-corrected chi connectivity index (χ4v) is 2.41.